The molecule has 4 aromatic rings. The summed E-state index contributed by atoms with van der Waals surface area (Å²) in [6.45, 7) is 6.25. The average Bonchev–Trinajstić information content (AvgIpc) is 2.78. The topological polar surface area (TPSA) is 9.23 Å². The van der Waals surface area contributed by atoms with Crippen molar-refractivity contribution < 1.29 is 9.13 Å². The summed E-state index contributed by atoms with van der Waals surface area (Å²) in [5.74, 6) is 0.649. The molecule has 0 atom stereocenters. The molecule has 4 aromatic carbocycles. The van der Waals surface area contributed by atoms with Gasteiger partial charge in [0.2, 0.25) is 0 Å². The second kappa shape index (κ2) is 8.32. The zero-order valence-corrected chi connectivity index (χ0v) is 16.5. The lowest BCUT2D eigenvalue weighted by Crippen LogP contribution is -1.92. The van der Waals surface area contributed by atoms with Gasteiger partial charge in [-0.3, -0.25) is 0 Å². The Morgan fingerprint density at radius 1 is 0.828 bits per heavy atom. The van der Waals surface area contributed by atoms with Gasteiger partial charge >= 0.3 is 0 Å². The Morgan fingerprint density at radius 2 is 1.48 bits per heavy atom. The van der Waals surface area contributed by atoms with E-state index in [4.69, 9.17) is 4.74 Å². The van der Waals surface area contributed by atoms with E-state index in [9.17, 15) is 0 Å². The highest BCUT2D eigenvalue weighted by Crippen LogP contribution is 2.31. The summed E-state index contributed by atoms with van der Waals surface area (Å²) in [6.07, 6.45) is 2.67. The predicted molar refractivity (Wildman–Crippen MR) is 120 cm³/mol. The predicted octanol–water partition coefficient (Wildman–Crippen LogP) is 7.44. The highest BCUT2D eigenvalue weighted by Gasteiger charge is 2.10. The molecule has 1 nitrogen and oxygen atoms in total. The quantitative estimate of drug-likeness (QED) is 0.315. The summed E-state index contributed by atoms with van der Waals surface area (Å²) in [4.78, 5) is 0. The molecule has 0 radical (unpaired) electrons. The van der Waals surface area contributed by atoms with Crippen molar-refractivity contribution in [1.82, 2.24) is 0 Å². The zero-order chi connectivity index (χ0) is 20.2. The third-order valence-corrected chi connectivity index (χ3v) is 5.18. The van der Waals surface area contributed by atoms with Crippen molar-refractivity contribution in [3.05, 3.63) is 103 Å². The maximum absolute atomic E-state index is 15.1. The average molecular weight is 382 g/mol. The van der Waals surface area contributed by atoms with E-state index >= 15 is 4.39 Å². The van der Waals surface area contributed by atoms with Gasteiger partial charge in [-0.1, -0.05) is 86.3 Å². The monoisotopic (exact) mass is 382 g/mol. The number of halogens is 1. The van der Waals surface area contributed by atoms with Crippen LogP contribution in [0.15, 0.2) is 91.5 Å². The minimum atomic E-state index is -0.165. The molecule has 0 N–H and O–H groups in total. The second-order valence-corrected chi connectivity index (χ2v) is 7.04. The Labute approximate surface area is 171 Å². The van der Waals surface area contributed by atoms with Gasteiger partial charge in [-0.2, -0.15) is 0 Å². The van der Waals surface area contributed by atoms with Crippen LogP contribution in [-0.4, -0.2) is 6.61 Å². The van der Waals surface area contributed by atoms with Crippen LogP contribution in [0.4, 0.5) is 4.39 Å². The normalized spacial score (nSPS) is 10.8. The lowest BCUT2D eigenvalue weighted by atomic mass is 9.96. The molecule has 0 saturated carbocycles. The third kappa shape index (κ3) is 3.93. The highest BCUT2D eigenvalue weighted by molar-refractivity contribution is 5.89. The van der Waals surface area contributed by atoms with Crippen LogP contribution in [0.5, 0.6) is 5.75 Å². The molecule has 0 fully saturated rings. The van der Waals surface area contributed by atoms with Crippen LogP contribution in [0.2, 0.25) is 0 Å². The Kier molecular flexibility index (Phi) is 5.44. The Balaban J connectivity index is 1.62. The molecule has 0 unspecified atom stereocenters. The third-order valence-electron chi connectivity index (χ3n) is 5.18. The number of benzene rings is 4. The van der Waals surface area contributed by atoms with E-state index in [0.29, 0.717) is 17.6 Å². The SMILES string of the molecule is C=CCOc1ccc(-c2ccc(-c3ccc4cc(CC)ccc4c3F)cc2)cc1. The summed E-state index contributed by atoms with van der Waals surface area (Å²) in [5, 5.41) is 1.61. The molecule has 0 aliphatic heterocycles. The maximum atomic E-state index is 15.1. The maximum Gasteiger partial charge on any atom is 0.138 e. The van der Waals surface area contributed by atoms with E-state index in [2.05, 4.69) is 19.6 Å². The van der Waals surface area contributed by atoms with Gasteiger partial charge < -0.3 is 4.74 Å². The van der Waals surface area contributed by atoms with Crippen LogP contribution < -0.4 is 4.74 Å². The molecular weight excluding hydrogens is 359 g/mol. The summed E-state index contributed by atoms with van der Waals surface area (Å²) in [7, 11) is 0. The number of ether oxygens (including phenoxy) is 1. The van der Waals surface area contributed by atoms with E-state index in [0.717, 1.165) is 34.2 Å². The fourth-order valence-corrected chi connectivity index (χ4v) is 3.53. The van der Waals surface area contributed by atoms with Gasteiger partial charge in [0.05, 0.1) is 0 Å². The van der Waals surface area contributed by atoms with E-state index in [1.807, 2.05) is 72.8 Å². The minimum Gasteiger partial charge on any atom is -0.490 e. The van der Waals surface area contributed by atoms with Crippen LogP contribution in [0.1, 0.15) is 12.5 Å². The van der Waals surface area contributed by atoms with Crippen molar-refractivity contribution in [3.8, 4) is 28.0 Å². The van der Waals surface area contributed by atoms with Gasteiger partial charge in [-0.25, -0.2) is 4.39 Å². The van der Waals surface area contributed by atoms with Crippen LogP contribution in [0.25, 0.3) is 33.0 Å². The van der Waals surface area contributed by atoms with Gasteiger partial charge in [0.15, 0.2) is 0 Å². The molecule has 0 saturated heterocycles. The van der Waals surface area contributed by atoms with Gasteiger partial charge in [0, 0.05) is 10.9 Å². The van der Waals surface area contributed by atoms with E-state index in [1.165, 1.54) is 5.56 Å². The van der Waals surface area contributed by atoms with E-state index in [-0.39, 0.29) is 5.82 Å². The number of fused-ring (bicyclic) bond motifs is 1. The first kappa shape index (κ1) is 18.9. The van der Waals surface area contributed by atoms with Crippen molar-refractivity contribution in [2.75, 3.05) is 6.61 Å². The van der Waals surface area contributed by atoms with Gasteiger partial charge in [0.1, 0.15) is 18.2 Å². The van der Waals surface area contributed by atoms with Crippen molar-refractivity contribution in [2.24, 2.45) is 0 Å². The lowest BCUT2D eigenvalue weighted by molar-refractivity contribution is 0.363. The summed E-state index contributed by atoms with van der Waals surface area (Å²) < 4.78 is 20.7. The Hall–Kier alpha value is -3.39. The summed E-state index contributed by atoms with van der Waals surface area (Å²) in [5.41, 5.74) is 4.89. The molecule has 144 valence electrons. The van der Waals surface area contributed by atoms with Crippen LogP contribution in [-0.2, 0) is 6.42 Å². The number of aryl methyl sites for hydroxylation is 1. The van der Waals surface area contributed by atoms with Crippen molar-refractivity contribution in [2.45, 2.75) is 13.3 Å². The van der Waals surface area contributed by atoms with Crippen LogP contribution >= 0.6 is 0 Å². The molecular formula is C27H23FO. The first-order valence-corrected chi connectivity index (χ1v) is 9.85. The van der Waals surface area contributed by atoms with Gasteiger partial charge in [-0.05, 0) is 46.2 Å². The van der Waals surface area contributed by atoms with Crippen molar-refractivity contribution in [3.63, 3.8) is 0 Å². The van der Waals surface area contributed by atoms with Gasteiger partial charge in [-0.15, -0.1) is 0 Å². The minimum absolute atomic E-state index is 0.165. The number of hydrogen-bond acceptors (Lipinski definition) is 1. The lowest BCUT2D eigenvalue weighted by Gasteiger charge is -2.10. The molecule has 2 heteroatoms. The molecule has 29 heavy (non-hydrogen) atoms. The summed E-state index contributed by atoms with van der Waals surface area (Å²) >= 11 is 0. The van der Waals surface area contributed by atoms with E-state index in [1.54, 1.807) is 6.08 Å². The fourth-order valence-electron chi connectivity index (χ4n) is 3.53. The molecule has 0 amide bonds. The zero-order valence-electron chi connectivity index (χ0n) is 16.5. The molecule has 0 bridgehead atoms. The Bertz CT molecular complexity index is 1140. The van der Waals surface area contributed by atoms with Gasteiger partial charge in [0.25, 0.3) is 0 Å². The first-order valence-electron chi connectivity index (χ1n) is 9.85. The second-order valence-electron chi connectivity index (χ2n) is 7.04. The first-order chi connectivity index (χ1) is 14.2. The molecule has 0 spiro atoms. The van der Waals surface area contributed by atoms with Crippen molar-refractivity contribution >= 4 is 10.8 Å². The summed E-state index contributed by atoms with van der Waals surface area (Å²) in [6, 6.07) is 25.8. The molecule has 0 aromatic heterocycles. The smallest absolute Gasteiger partial charge is 0.138 e. The highest BCUT2D eigenvalue weighted by atomic mass is 19.1. The molecule has 0 heterocycles. The number of hydrogen-bond donors (Lipinski definition) is 0. The molecule has 0 aliphatic rings. The van der Waals surface area contributed by atoms with Crippen LogP contribution in [0.3, 0.4) is 0 Å². The number of rotatable bonds is 6. The van der Waals surface area contributed by atoms with Crippen LogP contribution in [0, 0.1) is 5.82 Å². The fraction of sp³-hybridized carbons (Fsp3) is 0.111. The molecule has 0 aliphatic carbocycles. The van der Waals surface area contributed by atoms with E-state index < -0.39 is 0 Å². The largest absolute Gasteiger partial charge is 0.490 e. The Morgan fingerprint density at radius 3 is 2.14 bits per heavy atom. The standard InChI is InChI=1S/C27H23FO/c1-3-17-29-24-13-10-21(11-14-24)20-6-8-22(9-7-20)25-16-12-23-18-19(4-2)5-15-26(23)27(25)28/h3,5-16,18H,1,4,17H2,2H3. The molecule has 4 rings (SSSR count). The van der Waals surface area contributed by atoms with Crippen molar-refractivity contribution in [1.29, 1.82) is 0 Å².